The van der Waals surface area contributed by atoms with E-state index in [4.69, 9.17) is 5.14 Å². The first-order valence-corrected chi connectivity index (χ1v) is 8.62. The van der Waals surface area contributed by atoms with Gasteiger partial charge in [-0.3, -0.25) is 0 Å². The van der Waals surface area contributed by atoms with Gasteiger partial charge in [0.15, 0.2) is 0 Å². The van der Waals surface area contributed by atoms with E-state index in [1.807, 2.05) is 37.3 Å². The fourth-order valence-corrected chi connectivity index (χ4v) is 2.57. The minimum atomic E-state index is -3.70. The lowest BCUT2D eigenvalue weighted by Crippen LogP contribution is -2.36. The smallest absolute Gasteiger partial charge is 0.315 e. The molecule has 4 N–H and O–H groups in total. The van der Waals surface area contributed by atoms with Gasteiger partial charge in [0.25, 0.3) is 0 Å². The third-order valence-corrected chi connectivity index (χ3v) is 4.28. The molecule has 2 aromatic carbocycles. The number of carbonyl (C=O) groups excluding carboxylic acids is 1. The SMILES string of the molecule is CC(NC(=O)NCc1ccc(S(N)(=O)=O)cc1)c1ccccc1. The summed E-state index contributed by atoms with van der Waals surface area (Å²) >= 11 is 0. The molecule has 1 unspecified atom stereocenters. The highest BCUT2D eigenvalue weighted by Gasteiger charge is 2.09. The average molecular weight is 333 g/mol. The summed E-state index contributed by atoms with van der Waals surface area (Å²) in [5.41, 5.74) is 1.79. The van der Waals surface area contributed by atoms with Crippen LogP contribution in [-0.2, 0) is 16.6 Å². The van der Waals surface area contributed by atoms with Crippen LogP contribution in [0.5, 0.6) is 0 Å². The third-order valence-electron chi connectivity index (χ3n) is 3.35. The van der Waals surface area contributed by atoms with Gasteiger partial charge in [0.2, 0.25) is 10.0 Å². The lowest BCUT2D eigenvalue weighted by atomic mass is 10.1. The van der Waals surface area contributed by atoms with Crippen molar-refractivity contribution in [1.29, 1.82) is 0 Å². The van der Waals surface area contributed by atoms with E-state index in [2.05, 4.69) is 10.6 Å². The molecule has 0 aliphatic carbocycles. The van der Waals surface area contributed by atoms with Gasteiger partial charge in [0.05, 0.1) is 10.9 Å². The van der Waals surface area contributed by atoms with Gasteiger partial charge in [-0.15, -0.1) is 0 Å². The number of hydrogen-bond donors (Lipinski definition) is 3. The molecule has 2 aromatic rings. The van der Waals surface area contributed by atoms with E-state index in [1.165, 1.54) is 12.1 Å². The van der Waals surface area contributed by atoms with Crippen LogP contribution in [0, 0.1) is 0 Å². The van der Waals surface area contributed by atoms with Crippen molar-refractivity contribution in [3.63, 3.8) is 0 Å². The lowest BCUT2D eigenvalue weighted by Gasteiger charge is -2.15. The maximum atomic E-state index is 11.9. The van der Waals surface area contributed by atoms with Crippen LogP contribution in [0.15, 0.2) is 59.5 Å². The first kappa shape index (κ1) is 17.0. The zero-order valence-corrected chi connectivity index (χ0v) is 13.5. The van der Waals surface area contributed by atoms with Gasteiger partial charge < -0.3 is 10.6 Å². The molecule has 0 fully saturated rings. The molecule has 122 valence electrons. The van der Waals surface area contributed by atoms with E-state index in [1.54, 1.807) is 12.1 Å². The Morgan fingerprint density at radius 1 is 1.09 bits per heavy atom. The lowest BCUT2D eigenvalue weighted by molar-refractivity contribution is 0.237. The van der Waals surface area contributed by atoms with Crippen molar-refractivity contribution >= 4 is 16.1 Å². The number of amides is 2. The van der Waals surface area contributed by atoms with Crippen LogP contribution >= 0.6 is 0 Å². The summed E-state index contributed by atoms with van der Waals surface area (Å²) in [5.74, 6) is 0. The molecule has 0 radical (unpaired) electrons. The van der Waals surface area contributed by atoms with Crippen LogP contribution in [-0.4, -0.2) is 14.4 Å². The van der Waals surface area contributed by atoms with Crippen LogP contribution in [0.25, 0.3) is 0 Å². The highest BCUT2D eigenvalue weighted by Crippen LogP contribution is 2.11. The van der Waals surface area contributed by atoms with Crippen molar-refractivity contribution in [2.24, 2.45) is 5.14 Å². The number of benzene rings is 2. The zero-order chi connectivity index (χ0) is 16.9. The van der Waals surface area contributed by atoms with Crippen LogP contribution in [0.4, 0.5) is 4.79 Å². The van der Waals surface area contributed by atoms with E-state index in [9.17, 15) is 13.2 Å². The molecule has 7 heteroatoms. The Balaban J connectivity index is 1.87. The molecule has 6 nitrogen and oxygen atoms in total. The van der Waals surface area contributed by atoms with E-state index >= 15 is 0 Å². The number of rotatable bonds is 5. The molecule has 23 heavy (non-hydrogen) atoms. The molecule has 0 bridgehead atoms. The van der Waals surface area contributed by atoms with Crippen LogP contribution < -0.4 is 15.8 Å². The molecule has 0 aliphatic rings. The number of nitrogens with one attached hydrogen (secondary N) is 2. The Kier molecular flexibility index (Phi) is 5.36. The molecule has 0 spiro atoms. The highest BCUT2D eigenvalue weighted by atomic mass is 32.2. The summed E-state index contributed by atoms with van der Waals surface area (Å²) < 4.78 is 22.3. The molecular weight excluding hydrogens is 314 g/mol. The molecule has 2 amide bonds. The fourth-order valence-electron chi connectivity index (χ4n) is 2.05. The van der Waals surface area contributed by atoms with E-state index < -0.39 is 10.0 Å². The third kappa shape index (κ3) is 5.08. The number of carbonyl (C=O) groups is 1. The van der Waals surface area contributed by atoms with Crippen LogP contribution in [0.2, 0.25) is 0 Å². The number of urea groups is 1. The van der Waals surface area contributed by atoms with Gasteiger partial charge in [-0.1, -0.05) is 42.5 Å². The standard InChI is InChI=1S/C16H19N3O3S/c1-12(14-5-3-2-4-6-14)19-16(20)18-11-13-7-9-15(10-8-13)23(17,21)22/h2-10,12H,11H2,1H3,(H2,17,21,22)(H2,18,19,20). The van der Waals surface area contributed by atoms with Gasteiger partial charge in [-0.2, -0.15) is 0 Å². The summed E-state index contributed by atoms with van der Waals surface area (Å²) in [6.07, 6.45) is 0. The minimum absolute atomic E-state index is 0.0448. The normalized spacial score (nSPS) is 12.4. The van der Waals surface area contributed by atoms with E-state index in [0.717, 1.165) is 11.1 Å². The molecule has 1 atom stereocenters. The van der Waals surface area contributed by atoms with Crippen molar-refractivity contribution in [3.05, 3.63) is 65.7 Å². The Morgan fingerprint density at radius 3 is 2.26 bits per heavy atom. The number of hydrogen-bond acceptors (Lipinski definition) is 3. The van der Waals surface area contributed by atoms with E-state index in [-0.39, 0.29) is 23.5 Å². The molecule has 0 heterocycles. The molecule has 0 saturated carbocycles. The van der Waals surface area contributed by atoms with E-state index in [0.29, 0.717) is 0 Å². The maximum Gasteiger partial charge on any atom is 0.315 e. The van der Waals surface area contributed by atoms with Gasteiger partial charge in [-0.25, -0.2) is 18.4 Å². The average Bonchev–Trinajstić information content (AvgIpc) is 2.53. The van der Waals surface area contributed by atoms with Crippen molar-refractivity contribution < 1.29 is 13.2 Å². The summed E-state index contributed by atoms with van der Waals surface area (Å²) in [6.45, 7) is 2.19. The van der Waals surface area contributed by atoms with Crippen molar-refractivity contribution in [1.82, 2.24) is 10.6 Å². The maximum absolute atomic E-state index is 11.9. The molecule has 0 aliphatic heterocycles. The second-order valence-corrected chi connectivity index (χ2v) is 6.71. The molecule has 0 saturated heterocycles. The first-order chi connectivity index (χ1) is 10.9. The summed E-state index contributed by atoms with van der Waals surface area (Å²) in [5, 5.41) is 10.6. The number of primary sulfonamides is 1. The Morgan fingerprint density at radius 2 is 1.70 bits per heavy atom. The summed E-state index contributed by atoms with van der Waals surface area (Å²) in [6, 6.07) is 15.3. The second-order valence-electron chi connectivity index (χ2n) is 5.15. The Labute approximate surface area is 135 Å². The van der Waals surface area contributed by atoms with Gasteiger partial charge >= 0.3 is 6.03 Å². The van der Waals surface area contributed by atoms with Crippen LogP contribution in [0.3, 0.4) is 0 Å². The molecular formula is C16H19N3O3S. The summed E-state index contributed by atoms with van der Waals surface area (Å²) in [4.78, 5) is 11.9. The van der Waals surface area contributed by atoms with Gasteiger partial charge in [0, 0.05) is 6.54 Å². The van der Waals surface area contributed by atoms with Crippen LogP contribution in [0.1, 0.15) is 24.1 Å². The molecule has 0 aromatic heterocycles. The van der Waals surface area contributed by atoms with Gasteiger partial charge in [0.1, 0.15) is 0 Å². The largest absolute Gasteiger partial charge is 0.334 e. The Hall–Kier alpha value is -2.38. The Bertz CT molecular complexity index is 759. The number of nitrogens with two attached hydrogens (primary N) is 1. The predicted molar refractivity (Wildman–Crippen MR) is 88.0 cm³/mol. The topological polar surface area (TPSA) is 101 Å². The van der Waals surface area contributed by atoms with Crippen molar-refractivity contribution in [3.8, 4) is 0 Å². The van der Waals surface area contributed by atoms with Crippen molar-refractivity contribution in [2.45, 2.75) is 24.4 Å². The highest BCUT2D eigenvalue weighted by molar-refractivity contribution is 7.89. The van der Waals surface area contributed by atoms with Crippen molar-refractivity contribution in [2.75, 3.05) is 0 Å². The predicted octanol–water partition coefficient (Wildman–Crippen LogP) is 1.89. The quantitative estimate of drug-likeness (QED) is 0.779. The summed E-state index contributed by atoms with van der Waals surface area (Å²) in [7, 11) is -3.70. The zero-order valence-electron chi connectivity index (χ0n) is 12.7. The fraction of sp³-hybridized carbons (Fsp3) is 0.188. The monoisotopic (exact) mass is 333 g/mol. The van der Waals surface area contributed by atoms with Gasteiger partial charge in [-0.05, 0) is 30.2 Å². The number of sulfonamides is 1. The first-order valence-electron chi connectivity index (χ1n) is 7.07. The molecule has 2 rings (SSSR count). The minimum Gasteiger partial charge on any atom is -0.334 e. The second kappa shape index (κ2) is 7.26.